The van der Waals surface area contributed by atoms with Crippen LogP contribution < -0.4 is 14.4 Å². The fraction of sp³-hybridized carbons (Fsp3) is 0.333. The molecule has 3 rings (SSSR count). The molecule has 0 atom stereocenters. The van der Waals surface area contributed by atoms with Crippen LogP contribution in [0.5, 0.6) is 11.5 Å². The Morgan fingerprint density at radius 2 is 1.81 bits per heavy atom. The minimum Gasteiger partial charge on any atom is -0.493 e. The fourth-order valence-electron chi connectivity index (χ4n) is 3.14. The molecule has 0 bridgehead atoms. The summed E-state index contributed by atoms with van der Waals surface area (Å²) >= 11 is 1.55. The summed E-state index contributed by atoms with van der Waals surface area (Å²) in [5.41, 5.74) is 4.17. The van der Waals surface area contributed by atoms with Gasteiger partial charge in [0.1, 0.15) is 0 Å². The lowest BCUT2D eigenvalue weighted by atomic mass is 10.1. The third kappa shape index (κ3) is 5.24. The average molecular weight is 440 g/mol. The van der Waals surface area contributed by atoms with Gasteiger partial charge in [-0.2, -0.15) is 0 Å². The minimum absolute atomic E-state index is 0.106. The van der Waals surface area contributed by atoms with Crippen LogP contribution in [0.3, 0.4) is 0 Å². The van der Waals surface area contributed by atoms with Crippen LogP contribution >= 0.6 is 11.3 Å². The first kappa shape index (κ1) is 22.8. The van der Waals surface area contributed by atoms with Crippen molar-refractivity contribution in [2.45, 2.75) is 13.8 Å². The summed E-state index contributed by atoms with van der Waals surface area (Å²) in [4.78, 5) is 21.8. The summed E-state index contributed by atoms with van der Waals surface area (Å²) in [7, 11) is 7.18. The molecule has 7 heteroatoms. The Morgan fingerprint density at radius 3 is 2.48 bits per heavy atom. The van der Waals surface area contributed by atoms with Gasteiger partial charge in [-0.25, -0.2) is 4.98 Å². The molecule has 0 saturated carbocycles. The number of carbonyl (C=O) groups is 1. The number of hydrogen-bond acceptors (Lipinski definition) is 6. The van der Waals surface area contributed by atoms with Crippen LogP contribution in [0, 0.1) is 13.8 Å². The summed E-state index contributed by atoms with van der Waals surface area (Å²) in [6, 6.07) is 9.73. The highest BCUT2D eigenvalue weighted by atomic mass is 32.1. The summed E-state index contributed by atoms with van der Waals surface area (Å²) < 4.78 is 11.7. The number of rotatable bonds is 8. The van der Waals surface area contributed by atoms with Gasteiger partial charge in [0.25, 0.3) is 5.91 Å². The number of aromatic nitrogens is 1. The van der Waals surface area contributed by atoms with E-state index >= 15 is 0 Å². The molecule has 3 aromatic rings. The molecule has 1 heterocycles. The smallest absolute Gasteiger partial charge is 0.252 e. The number of aryl methyl sites for hydroxylation is 2. The molecule has 0 spiro atoms. The molecule has 2 aromatic carbocycles. The number of anilines is 1. The van der Waals surface area contributed by atoms with E-state index in [1.165, 1.54) is 5.56 Å². The zero-order chi connectivity index (χ0) is 22.5. The van der Waals surface area contributed by atoms with Gasteiger partial charge in [0.05, 0.1) is 24.4 Å². The molecule has 0 unspecified atom stereocenters. The van der Waals surface area contributed by atoms with Crippen LogP contribution in [0.15, 0.2) is 36.4 Å². The van der Waals surface area contributed by atoms with Crippen molar-refractivity contribution in [2.75, 3.05) is 46.3 Å². The Labute approximate surface area is 187 Å². The fourth-order valence-corrected chi connectivity index (χ4v) is 4.20. The maximum Gasteiger partial charge on any atom is 0.252 e. The third-order valence-corrected chi connectivity index (χ3v) is 6.21. The number of carbonyl (C=O) groups excluding carboxylic acids is 1. The first-order valence-electron chi connectivity index (χ1n) is 10.1. The molecule has 31 heavy (non-hydrogen) atoms. The molecule has 0 N–H and O–H groups in total. The van der Waals surface area contributed by atoms with E-state index in [2.05, 4.69) is 30.9 Å². The van der Waals surface area contributed by atoms with Gasteiger partial charge in [0.15, 0.2) is 16.6 Å². The van der Waals surface area contributed by atoms with Crippen molar-refractivity contribution in [1.29, 1.82) is 0 Å². The van der Waals surface area contributed by atoms with Crippen LogP contribution in [0.4, 0.5) is 5.13 Å². The van der Waals surface area contributed by atoms with Gasteiger partial charge < -0.3 is 14.4 Å². The number of amides is 1. The largest absolute Gasteiger partial charge is 0.493 e. The maximum atomic E-state index is 13.2. The van der Waals surface area contributed by atoms with Crippen LogP contribution in [0.1, 0.15) is 16.7 Å². The van der Waals surface area contributed by atoms with Gasteiger partial charge in [-0.05, 0) is 68.9 Å². The lowest BCUT2D eigenvalue weighted by Crippen LogP contribution is -2.35. The molecule has 0 fully saturated rings. The SMILES string of the molecule is COc1ccc(C=CC(=O)N(CCN(C)C)c2nc3c(C)c(C)ccc3s2)cc1OC. The number of fused-ring (bicyclic) bond motifs is 1. The molecule has 0 aliphatic heterocycles. The highest BCUT2D eigenvalue weighted by molar-refractivity contribution is 7.22. The Bertz CT molecular complexity index is 1100. The van der Waals surface area contributed by atoms with Gasteiger partial charge in [0, 0.05) is 19.2 Å². The van der Waals surface area contributed by atoms with Crippen LogP contribution in [0.2, 0.25) is 0 Å². The van der Waals surface area contributed by atoms with Gasteiger partial charge >= 0.3 is 0 Å². The number of nitrogens with zero attached hydrogens (tertiary/aromatic N) is 3. The molecular weight excluding hydrogens is 410 g/mol. The van der Waals surface area contributed by atoms with E-state index in [-0.39, 0.29) is 5.91 Å². The minimum atomic E-state index is -0.106. The van der Waals surface area contributed by atoms with E-state index in [0.717, 1.165) is 27.9 Å². The zero-order valence-electron chi connectivity index (χ0n) is 18.9. The zero-order valence-corrected chi connectivity index (χ0v) is 19.7. The molecule has 1 amide bonds. The average Bonchev–Trinajstić information content (AvgIpc) is 3.19. The second-order valence-electron chi connectivity index (χ2n) is 7.59. The van der Waals surface area contributed by atoms with Crippen LogP contribution in [-0.2, 0) is 4.79 Å². The highest BCUT2D eigenvalue weighted by Crippen LogP contribution is 2.32. The summed E-state index contributed by atoms with van der Waals surface area (Å²) in [5.74, 6) is 1.17. The first-order chi connectivity index (χ1) is 14.8. The van der Waals surface area contributed by atoms with E-state index in [9.17, 15) is 4.79 Å². The topological polar surface area (TPSA) is 54.9 Å². The summed E-state index contributed by atoms with van der Waals surface area (Å²) in [6.07, 6.45) is 3.37. The highest BCUT2D eigenvalue weighted by Gasteiger charge is 2.19. The molecule has 1 aromatic heterocycles. The van der Waals surface area contributed by atoms with Crippen molar-refractivity contribution >= 4 is 38.7 Å². The van der Waals surface area contributed by atoms with Gasteiger partial charge in [0.2, 0.25) is 0 Å². The van der Waals surface area contributed by atoms with Crippen molar-refractivity contribution in [3.05, 3.63) is 53.1 Å². The number of thiazole rings is 1. The molecule has 0 aliphatic rings. The van der Waals surface area contributed by atoms with E-state index in [1.807, 2.05) is 32.3 Å². The van der Waals surface area contributed by atoms with Gasteiger partial charge in [-0.3, -0.25) is 9.69 Å². The Hall–Kier alpha value is -2.90. The predicted molar refractivity (Wildman–Crippen MR) is 129 cm³/mol. The van der Waals surface area contributed by atoms with E-state index < -0.39 is 0 Å². The number of ether oxygens (including phenoxy) is 2. The number of likely N-dealkylation sites (N-methyl/N-ethyl adjacent to an activating group) is 1. The Balaban J connectivity index is 1.90. The van der Waals surface area contributed by atoms with Crippen molar-refractivity contribution in [1.82, 2.24) is 9.88 Å². The van der Waals surface area contributed by atoms with Crippen molar-refractivity contribution in [3.8, 4) is 11.5 Å². The lowest BCUT2D eigenvalue weighted by Gasteiger charge is -2.20. The molecule has 0 saturated heterocycles. The monoisotopic (exact) mass is 439 g/mol. The van der Waals surface area contributed by atoms with E-state index in [0.29, 0.717) is 23.2 Å². The van der Waals surface area contributed by atoms with Crippen LogP contribution in [-0.4, -0.2) is 57.2 Å². The molecule has 0 radical (unpaired) electrons. The normalized spacial score (nSPS) is 11.5. The Kier molecular flexibility index (Phi) is 7.30. The van der Waals surface area contributed by atoms with Gasteiger partial charge in [-0.15, -0.1) is 0 Å². The molecule has 6 nitrogen and oxygen atoms in total. The summed E-state index contributed by atoms with van der Waals surface area (Å²) in [5, 5.41) is 0.715. The first-order valence-corrected chi connectivity index (χ1v) is 10.9. The predicted octanol–water partition coefficient (Wildman–Crippen LogP) is 4.54. The van der Waals surface area contributed by atoms with E-state index in [1.54, 1.807) is 42.6 Å². The standard InChI is InChI=1S/C24H29N3O3S/c1-16-7-11-21-23(17(16)2)25-24(31-21)27(14-13-26(3)4)22(28)12-9-18-8-10-19(29-5)20(15-18)30-6/h7-12,15H,13-14H2,1-6H3. The molecule has 164 valence electrons. The maximum absolute atomic E-state index is 13.2. The van der Waals surface area contributed by atoms with Crippen molar-refractivity contribution in [3.63, 3.8) is 0 Å². The second kappa shape index (κ2) is 9.94. The third-order valence-electron chi connectivity index (χ3n) is 5.17. The van der Waals surface area contributed by atoms with Crippen LogP contribution in [0.25, 0.3) is 16.3 Å². The van der Waals surface area contributed by atoms with Crippen molar-refractivity contribution < 1.29 is 14.3 Å². The lowest BCUT2D eigenvalue weighted by molar-refractivity contribution is -0.114. The Morgan fingerprint density at radius 1 is 1.06 bits per heavy atom. The number of benzene rings is 2. The molecular formula is C24H29N3O3S. The quantitative estimate of drug-likeness (QED) is 0.483. The molecule has 0 aliphatic carbocycles. The van der Waals surface area contributed by atoms with Crippen molar-refractivity contribution in [2.24, 2.45) is 0 Å². The number of methoxy groups -OCH3 is 2. The van der Waals surface area contributed by atoms with E-state index in [4.69, 9.17) is 14.5 Å². The summed E-state index contributed by atoms with van der Waals surface area (Å²) in [6.45, 7) is 5.45. The van der Waals surface area contributed by atoms with Gasteiger partial charge in [-0.1, -0.05) is 23.5 Å². The second-order valence-corrected chi connectivity index (χ2v) is 8.60. The number of hydrogen-bond donors (Lipinski definition) is 0.